The van der Waals surface area contributed by atoms with Crippen LogP contribution in [-0.2, 0) is 27.2 Å². The number of carbonyl (C=O) groups is 2. The smallest absolute Gasteiger partial charge is 0.310 e. The summed E-state index contributed by atoms with van der Waals surface area (Å²) in [4.78, 5) is 24.4. The summed E-state index contributed by atoms with van der Waals surface area (Å²) in [5, 5.41) is 4.96. The van der Waals surface area contributed by atoms with Gasteiger partial charge in [-0.1, -0.05) is 67.6 Å². The van der Waals surface area contributed by atoms with Crippen LogP contribution < -0.4 is 5.32 Å². The average Bonchev–Trinajstić information content (AvgIpc) is 2.68. The standard InChI is InChI=1S/C23H23NO3/c1-3-17-10-6-8-16(2)23(17)24-21(25)15-27-22(26)14-19-12-7-11-18-9-4-5-13-20(18)19/h4-13H,3,14-15H2,1-2H3,(H,24,25). The first-order valence-corrected chi connectivity index (χ1v) is 9.09. The van der Waals surface area contributed by atoms with Gasteiger partial charge in [0.15, 0.2) is 6.61 Å². The van der Waals surface area contributed by atoms with Gasteiger partial charge in [0.2, 0.25) is 0 Å². The maximum absolute atomic E-state index is 12.2. The molecule has 3 rings (SSSR count). The Balaban J connectivity index is 1.60. The van der Waals surface area contributed by atoms with Gasteiger partial charge >= 0.3 is 5.97 Å². The van der Waals surface area contributed by atoms with Crippen molar-refractivity contribution in [2.24, 2.45) is 0 Å². The minimum atomic E-state index is -0.415. The molecule has 3 aromatic rings. The summed E-state index contributed by atoms with van der Waals surface area (Å²) < 4.78 is 5.19. The molecule has 0 saturated carbocycles. The van der Waals surface area contributed by atoms with E-state index in [0.717, 1.165) is 39.6 Å². The Morgan fingerprint density at radius 3 is 2.44 bits per heavy atom. The largest absolute Gasteiger partial charge is 0.455 e. The number of ether oxygens (including phenoxy) is 1. The third kappa shape index (κ3) is 4.53. The highest BCUT2D eigenvalue weighted by Crippen LogP contribution is 2.21. The molecule has 0 bridgehead atoms. The van der Waals surface area contributed by atoms with Gasteiger partial charge in [0.1, 0.15) is 0 Å². The van der Waals surface area contributed by atoms with Crippen LogP contribution in [0, 0.1) is 6.92 Å². The number of carbonyl (C=O) groups excluding carboxylic acids is 2. The van der Waals surface area contributed by atoms with Gasteiger partial charge in [-0.25, -0.2) is 0 Å². The number of fused-ring (bicyclic) bond motifs is 1. The number of esters is 1. The van der Waals surface area contributed by atoms with E-state index in [9.17, 15) is 9.59 Å². The molecule has 4 heteroatoms. The SMILES string of the molecule is CCc1cccc(C)c1NC(=O)COC(=O)Cc1cccc2ccccc12. The molecule has 0 heterocycles. The molecular formula is C23H23NO3. The number of nitrogens with one attached hydrogen (secondary N) is 1. The molecule has 27 heavy (non-hydrogen) atoms. The van der Waals surface area contributed by atoms with Crippen LogP contribution in [0.4, 0.5) is 5.69 Å². The summed E-state index contributed by atoms with van der Waals surface area (Å²) >= 11 is 0. The molecule has 0 aromatic heterocycles. The van der Waals surface area contributed by atoms with Crippen molar-refractivity contribution in [1.29, 1.82) is 0 Å². The third-order valence-corrected chi connectivity index (χ3v) is 4.58. The first kappa shape index (κ1) is 18.6. The first-order valence-electron chi connectivity index (χ1n) is 9.09. The summed E-state index contributed by atoms with van der Waals surface area (Å²) in [7, 11) is 0. The van der Waals surface area contributed by atoms with Gasteiger partial charge in [-0.3, -0.25) is 9.59 Å². The van der Waals surface area contributed by atoms with Crippen molar-refractivity contribution in [3.63, 3.8) is 0 Å². The van der Waals surface area contributed by atoms with Gasteiger partial charge in [0.05, 0.1) is 6.42 Å². The third-order valence-electron chi connectivity index (χ3n) is 4.58. The van der Waals surface area contributed by atoms with Crippen molar-refractivity contribution in [2.45, 2.75) is 26.7 Å². The predicted octanol–water partition coefficient (Wildman–Crippen LogP) is 4.44. The highest BCUT2D eigenvalue weighted by molar-refractivity contribution is 5.95. The summed E-state index contributed by atoms with van der Waals surface area (Å²) in [5.41, 5.74) is 3.75. The number of para-hydroxylation sites is 1. The summed E-state index contributed by atoms with van der Waals surface area (Å²) in [5.74, 6) is -0.743. The Bertz CT molecular complexity index is 973. The van der Waals surface area contributed by atoms with Crippen LogP contribution in [0.5, 0.6) is 0 Å². The van der Waals surface area contributed by atoms with Gasteiger partial charge in [-0.05, 0) is 40.8 Å². The Morgan fingerprint density at radius 1 is 0.926 bits per heavy atom. The van der Waals surface area contributed by atoms with Gasteiger partial charge < -0.3 is 10.1 Å². The van der Waals surface area contributed by atoms with E-state index in [-0.39, 0.29) is 18.9 Å². The summed E-state index contributed by atoms with van der Waals surface area (Å²) in [6.07, 6.45) is 0.956. The van der Waals surface area contributed by atoms with Crippen LogP contribution in [0.1, 0.15) is 23.6 Å². The maximum atomic E-state index is 12.2. The Kier molecular flexibility index (Phi) is 5.87. The molecule has 0 spiro atoms. The Labute approximate surface area is 159 Å². The van der Waals surface area contributed by atoms with E-state index in [0.29, 0.717) is 0 Å². The Morgan fingerprint density at radius 2 is 1.63 bits per heavy atom. The van der Waals surface area contributed by atoms with Gasteiger partial charge in [0.25, 0.3) is 5.91 Å². The molecular weight excluding hydrogens is 338 g/mol. The van der Waals surface area contributed by atoms with Crippen molar-refractivity contribution in [1.82, 2.24) is 0 Å². The lowest BCUT2D eigenvalue weighted by Crippen LogP contribution is -2.22. The maximum Gasteiger partial charge on any atom is 0.310 e. The van der Waals surface area contributed by atoms with E-state index in [1.54, 1.807) is 0 Å². The van der Waals surface area contributed by atoms with E-state index >= 15 is 0 Å². The normalized spacial score (nSPS) is 10.6. The first-order chi connectivity index (χ1) is 13.1. The number of anilines is 1. The lowest BCUT2D eigenvalue weighted by molar-refractivity contribution is -0.146. The van der Waals surface area contributed by atoms with E-state index in [4.69, 9.17) is 4.74 Å². The molecule has 3 aromatic carbocycles. The molecule has 0 unspecified atom stereocenters. The van der Waals surface area contributed by atoms with E-state index in [2.05, 4.69) is 5.32 Å². The summed E-state index contributed by atoms with van der Waals surface area (Å²) in [6.45, 7) is 3.69. The number of aryl methyl sites for hydroxylation is 2. The number of hydrogen-bond acceptors (Lipinski definition) is 3. The van der Waals surface area contributed by atoms with Crippen molar-refractivity contribution in [3.8, 4) is 0 Å². The van der Waals surface area contributed by atoms with Gasteiger partial charge in [-0.2, -0.15) is 0 Å². The number of rotatable bonds is 6. The van der Waals surface area contributed by atoms with Crippen LogP contribution in [0.25, 0.3) is 10.8 Å². The quantitative estimate of drug-likeness (QED) is 0.661. The predicted molar refractivity (Wildman–Crippen MR) is 108 cm³/mol. The van der Waals surface area contributed by atoms with Crippen molar-refractivity contribution in [3.05, 3.63) is 77.4 Å². The minimum absolute atomic E-state index is 0.138. The van der Waals surface area contributed by atoms with E-state index < -0.39 is 5.97 Å². The number of hydrogen-bond donors (Lipinski definition) is 1. The summed E-state index contributed by atoms with van der Waals surface area (Å²) in [6, 6.07) is 19.6. The van der Waals surface area contributed by atoms with Crippen LogP contribution in [-0.4, -0.2) is 18.5 Å². The molecule has 0 aliphatic rings. The van der Waals surface area contributed by atoms with Crippen LogP contribution in [0.2, 0.25) is 0 Å². The zero-order valence-electron chi connectivity index (χ0n) is 15.6. The molecule has 0 aliphatic carbocycles. The molecule has 0 saturated heterocycles. The van der Waals surface area contributed by atoms with Gasteiger partial charge in [0, 0.05) is 5.69 Å². The fourth-order valence-corrected chi connectivity index (χ4v) is 3.18. The molecule has 0 fully saturated rings. The lowest BCUT2D eigenvalue weighted by Gasteiger charge is -2.13. The van der Waals surface area contributed by atoms with Crippen molar-refractivity contribution >= 4 is 28.3 Å². The molecule has 0 atom stereocenters. The average molecular weight is 361 g/mol. The number of amides is 1. The monoisotopic (exact) mass is 361 g/mol. The van der Waals surface area contributed by atoms with Crippen LogP contribution >= 0.6 is 0 Å². The zero-order valence-corrected chi connectivity index (χ0v) is 15.6. The van der Waals surface area contributed by atoms with Crippen LogP contribution in [0.3, 0.4) is 0 Å². The molecule has 4 nitrogen and oxygen atoms in total. The molecule has 0 aliphatic heterocycles. The van der Waals surface area contributed by atoms with Gasteiger partial charge in [-0.15, -0.1) is 0 Å². The fraction of sp³-hybridized carbons (Fsp3) is 0.217. The minimum Gasteiger partial charge on any atom is -0.455 e. The second-order valence-corrected chi connectivity index (χ2v) is 6.49. The Hall–Kier alpha value is -3.14. The molecule has 1 N–H and O–H groups in total. The number of benzene rings is 3. The zero-order chi connectivity index (χ0) is 19.2. The topological polar surface area (TPSA) is 55.4 Å². The highest BCUT2D eigenvalue weighted by atomic mass is 16.5. The lowest BCUT2D eigenvalue weighted by atomic mass is 10.0. The van der Waals surface area contributed by atoms with Crippen molar-refractivity contribution < 1.29 is 14.3 Å². The fourth-order valence-electron chi connectivity index (χ4n) is 3.18. The second-order valence-electron chi connectivity index (χ2n) is 6.49. The second kappa shape index (κ2) is 8.49. The molecule has 138 valence electrons. The van der Waals surface area contributed by atoms with Crippen molar-refractivity contribution in [2.75, 3.05) is 11.9 Å². The van der Waals surface area contributed by atoms with E-state index in [1.165, 1.54) is 0 Å². The highest BCUT2D eigenvalue weighted by Gasteiger charge is 2.13. The molecule has 1 amide bonds. The molecule has 0 radical (unpaired) electrons. The van der Waals surface area contributed by atoms with E-state index in [1.807, 2.05) is 74.5 Å². The van der Waals surface area contributed by atoms with Crippen LogP contribution in [0.15, 0.2) is 60.7 Å².